The summed E-state index contributed by atoms with van der Waals surface area (Å²) in [4.78, 5) is 18.7. The predicted octanol–water partition coefficient (Wildman–Crippen LogP) is 1.74. The number of likely N-dealkylation sites (tertiary alicyclic amines) is 1. The van der Waals surface area contributed by atoms with E-state index in [1.807, 2.05) is 29.3 Å². The lowest BCUT2D eigenvalue weighted by Crippen LogP contribution is -2.31. The highest BCUT2D eigenvalue weighted by Gasteiger charge is 2.19. The van der Waals surface area contributed by atoms with Crippen LogP contribution in [0.5, 0.6) is 0 Å². The quantitative estimate of drug-likeness (QED) is 0.609. The molecular weight excluding hydrogens is 342 g/mol. The molecule has 0 saturated carbocycles. The molecule has 138 valence electrons. The Morgan fingerprint density at radius 2 is 2.04 bits per heavy atom. The third kappa shape index (κ3) is 3.10. The average molecular weight is 363 g/mol. The van der Waals surface area contributed by atoms with Crippen LogP contribution < -0.4 is 11.5 Å². The van der Waals surface area contributed by atoms with E-state index in [0.717, 1.165) is 48.5 Å². The number of anilines is 1. The van der Waals surface area contributed by atoms with Crippen LogP contribution in [-0.2, 0) is 11.3 Å². The molecule has 1 fully saturated rings. The molecule has 3 heterocycles. The third-order valence-corrected chi connectivity index (χ3v) is 4.89. The van der Waals surface area contributed by atoms with Gasteiger partial charge in [-0.15, -0.1) is 0 Å². The fourth-order valence-electron chi connectivity index (χ4n) is 3.49. The second-order valence-corrected chi connectivity index (χ2v) is 6.69. The number of fused-ring (bicyclic) bond motifs is 3. The van der Waals surface area contributed by atoms with Crippen molar-refractivity contribution in [2.45, 2.75) is 19.4 Å². The summed E-state index contributed by atoms with van der Waals surface area (Å²) in [5, 5.41) is 13.4. The van der Waals surface area contributed by atoms with E-state index in [-0.39, 0.29) is 12.5 Å². The Bertz CT molecular complexity index is 1080. The molecule has 0 aliphatic carbocycles. The minimum atomic E-state index is 0.0722. The highest BCUT2D eigenvalue weighted by atomic mass is 16.2. The van der Waals surface area contributed by atoms with Crippen LogP contribution in [0.15, 0.2) is 30.5 Å². The van der Waals surface area contributed by atoms with Crippen LogP contribution in [0.3, 0.4) is 0 Å². The van der Waals surface area contributed by atoms with Gasteiger partial charge >= 0.3 is 0 Å². The summed E-state index contributed by atoms with van der Waals surface area (Å²) in [5.74, 6) is 0.389. The monoisotopic (exact) mass is 363 g/mol. The molecule has 0 unspecified atom stereocenters. The average Bonchev–Trinajstić information content (AvgIpc) is 3.31. The minimum Gasteiger partial charge on any atom is -0.398 e. The van der Waals surface area contributed by atoms with Gasteiger partial charge in [-0.25, -0.2) is 4.98 Å². The molecular formula is C19H21N7O. The summed E-state index contributed by atoms with van der Waals surface area (Å²) in [5.41, 5.74) is 14.6. The van der Waals surface area contributed by atoms with Crippen molar-refractivity contribution < 1.29 is 4.79 Å². The fraction of sp³-hybridized carbons (Fsp3) is 0.263. The second-order valence-electron chi connectivity index (χ2n) is 6.69. The van der Waals surface area contributed by atoms with Gasteiger partial charge in [-0.1, -0.05) is 12.1 Å². The Hall–Kier alpha value is -3.42. The molecule has 0 radical (unpaired) electrons. The van der Waals surface area contributed by atoms with Crippen molar-refractivity contribution in [2.75, 3.05) is 18.8 Å². The molecule has 4 rings (SSSR count). The third-order valence-electron chi connectivity index (χ3n) is 4.89. The Labute approximate surface area is 155 Å². The molecule has 0 atom stereocenters. The topological polar surface area (TPSA) is 127 Å². The standard InChI is InChI=1S/C19H21N7O/c20-6-5-15(21)12-3-4-13-14-10-26(11-17(27)25-7-1-2-8-25)24-18(14)19(22)23-16(13)9-12/h3-6,9-10,20H,1-2,7-8,11,21H2,(H2,22,23). The van der Waals surface area contributed by atoms with Gasteiger partial charge in [0.25, 0.3) is 0 Å². The normalized spacial score (nSPS) is 15.0. The number of benzene rings is 1. The summed E-state index contributed by atoms with van der Waals surface area (Å²) in [6, 6.07) is 5.63. The highest BCUT2D eigenvalue weighted by molar-refractivity contribution is 6.08. The summed E-state index contributed by atoms with van der Waals surface area (Å²) in [6.45, 7) is 1.84. The van der Waals surface area contributed by atoms with E-state index in [4.69, 9.17) is 16.9 Å². The zero-order chi connectivity index (χ0) is 19.0. The summed E-state index contributed by atoms with van der Waals surface area (Å²) < 4.78 is 1.64. The molecule has 1 aliphatic heterocycles. The van der Waals surface area contributed by atoms with Gasteiger partial charge in [0.2, 0.25) is 5.91 Å². The van der Waals surface area contributed by atoms with E-state index in [9.17, 15) is 4.79 Å². The molecule has 0 spiro atoms. The van der Waals surface area contributed by atoms with Crippen LogP contribution in [-0.4, -0.2) is 44.9 Å². The van der Waals surface area contributed by atoms with Gasteiger partial charge < -0.3 is 21.8 Å². The number of nitrogens with one attached hydrogen (secondary N) is 1. The molecule has 0 bridgehead atoms. The Morgan fingerprint density at radius 3 is 2.78 bits per heavy atom. The Morgan fingerprint density at radius 1 is 1.26 bits per heavy atom. The van der Waals surface area contributed by atoms with Crippen molar-refractivity contribution in [3.8, 4) is 0 Å². The fourth-order valence-corrected chi connectivity index (χ4v) is 3.49. The molecule has 1 saturated heterocycles. The van der Waals surface area contributed by atoms with Gasteiger partial charge in [-0.2, -0.15) is 5.10 Å². The van der Waals surface area contributed by atoms with Crippen molar-refractivity contribution in [1.29, 1.82) is 5.41 Å². The zero-order valence-electron chi connectivity index (χ0n) is 14.9. The first kappa shape index (κ1) is 17.0. The molecule has 27 heavy (non-hydrogen) atoms. The van der Waals surface area contributed by atoms with E-state index < -0.39 is 0 Å². The molecule has 2 aromatic heterocycles. The Kier molecular flexibility index (Phi) is 4.23. The minimum absolute atomic E-state index is 0.0722. The van der Waals surface area contributed by atoms with Crippen molar-refractivity contribution in [1.82, 2.24) is 19.7 Å². The van der Waals surface area contributed by atoms with E-state index in [1.54, 1.807) is 4.68 Å². The van der Waals surface area contributed by atoms with Crippen LogP contribution in [0.25, 0.3) is 27.5 Å². The summed E-state index contributed by atoms with van der Waals surface area (Å²) in [6.07, 6.45) is 6.63. The van der Waals surface area contributed by atoms with Gasteiger partial charge in [-0.3, -0.25) is 9.48 Å². The number of allylic oxidation sites excluding steroid dienone is 1. The highest BCUT2D eigenvalue weighted by Crippen LogP contribution is 2.28. The van der Waals surface area contributed by atoms with E-state index in [0.29, 0.717) is 22.5 Å². The van der Waals surface area contributed by atoms with Gasteiger partial charge in [-0.05, 0) is 30.5 Å². The predicted molar refractivity (Wildman–Crippen MR) is 106 cm³/mol. The van der Waals surface area contributed by atoms with Gasteiger partial charge in [0.05, 0.1) is 5.52 Å². The summed E-state index contributed by atoms with van der Waals surface area (Å²) in [7, 11) is 0. The Balaban J connectivity index is 1.74. The van der Waals surface area contributed by atoms with E-state index in [1.165, 1.54) is 6.08 Å². The number of nitrogens with zero attached hydrogens (tertiary/aromatic N) is 4. The lowest BCUT2D eigenvalue weighted by Gasteiger charge is -2.14. The number of hydrogen-bond acceptors (Lipinski definition) is 6. The number of nitrogen functional groups attached to an aromatic ring is 1. The molecule has 1 aromatic carbocycles. The summed E-state index contributed by atoms with van der Waals surface area (Å²) >= 11 is 0. The maximum atomic E-state index is 12.4. The van der Waals surface area contributed by atoms with E-state index in [2.05, 4.69) is 10.1 Å². The number of rotatable bonds is 4. The first-order valence-electron chi connectivity index (χ1n) is 8.87. The molecule has 8 nitrogen and oxygen atoms in total. The molecule has 1 aliphatic rings. The number of carbonyl (C=O) groups excluding carboxylic acids is 1. The number of nitrogens with two attached hydrogens (primary N) is 2. The van der Waals surface area contributed by atoms with Crippen molar-refractivity contribution in [3.63, 3.8) is 0 Å². The molecule has 3 aromatic rings. The second kappa shape index (κ2) is 6.71. The molecule has 5 N–H and O–H groups in total. The van der Waals surface area contributed by atoms with Gasteiger partial charge in [0.1, 0.15) is 12.1 Å². The van der Waals surface area contributed by atoms with Crippen molar-refractivity contribution in [3.05, 3.63) is 36.0 Å². The van der Waals surface area contributed by atoms with Crippen LogP contribution in [0.2, 0.25) is 0 Å². The van der Waals surface area contributed by atoms with Crippen LogP contribution in [0.1, 0.15) is 18.4 Å². The number of hydrogen-bond donors (Lipinski definition) is 3. The van der Waals surface area contributed by atoms with Crippen molar-refractivity contribution in [2.24, 2.45) is 5.73 Å². The number of aromatic nitrogens is 3. The van der Waals surface area contributed by atoms with Crippen LogP contribution in [0, 0.1) is 5.41 Å². The first-order valence-corrected chi connectivity index (χ1v) is 8.87. The van der Waals surface area contributed by atoms with Crippen LogP contribution >= 0.6 is 0 Å². The van der Waals surface area contributed by atoms with Crippen LogP contribution in [0.4, 0.5) is 5.82 Å². The zero-order valence-corrected chi connectivity index (χ0v) is 14.9. The lowest BCUT2D eigenvalue weighted by molar-refractivity contribution is -0.130. The number of amides is 1. The maximum Gasteiger partial charge on any atom is 0.244 e. The smallest absolute Gasteiger partial charge is 0.244 e. The number of carbonyl (C=O) groups is 1. The number of pyridine rings is 1. The van der Waals surface area contributed by atoms with Gasteiger partial charge in [0, 0.05) is 42.0 Å². The van der Waals surface area contributed by atoms with E-state index >= 15 is 0 Å². The van der Waals surface area contributed by atoms with Gasteiger partial charge in [0.15, 0.2) is 5.82 Å². The first-order chi connectivity index (χ1) is 13.1. The SMILES string of the molecule is N=CC=C(N)c1ccc2c(c1)nc(N)c1nn(CC(=O)N3CCCC3)cc12. The maximum absolute atomic E-state index is 12.4. The van der Waals surface area contributed by atoms with Crippen molar-refractivity contribution >= 4 is 45.4 Å². The molecule has 8 heteroatoms. The molecule has 1 amide bonds. The largest absolute Gasteiger partial charge is 0.398 e. The lowest BCUT2D eigenvalue weighted by atomic mass is 10.1.